The zero-order chi connectivity index (χ0) is 15.8. The third-order valence-electron chi connectivity index (χ3n) is 4.27. The molecule has 120 valence electrons. The number of aromatic nitrogens is 1. The van der Waals surface area contributed by atoms with Crippen molar-refractivity contribution in [2.75, 3.05) is 6.54 Å². The number of carbonyl (C=O) groups excluding carboxylic acids is 2. The topological polar surface area (TPSA) is 86.7 Å². The van der Waals surface area contributed by atoms with Crippen LogP contribution in [0.5, 0.6) is 0 Å². The molecule has 1 unspecified atom stereocenters. The number of unbranched alkanes of at least 4 members (excludes halogenated alkanes) is 1. The molecule has 1 aliphatic carbocycles. The Morgan fingerprint density at radius 2 is 2.05 bits per heavy atom. The van der Waals surface area contributed by atoms with Gasteiger partial charge in [0.1, 0.15) is 5.69 Å². The zero-order valence-electron chi connectivity index (χ0n) is 13.1. The van der Waals surface area contributed by atoms with Gasteiger partial charge in [0.05, 0.1) is 12.6 Å². The van der Waals surface area contributed by atoms with Crippen molar-refractivity contribution in [3.8, 4) is 0 Å². The Bertz CT molecular complexity index is 484. The summed E-state index contributed by atoms with van der Waals surface area (Å²) in [6.07, 6.45) is 8.22. The van der Waals surface area contributed by atoms with Gasteiger partial charge < -0.3 is 11.1 Å². The summed E-state index contributed by atoms with van der Waals surface area (Å²) < 4.78 is 0. The molecule has 1 fully saturated rings. The minimum absolute atomic E-state index is 0.0291. The highest BCUT2D eigenvalue weighted by Crippen LogP contribution is 2.25. The molecule has 0 bridgehead atoms. The first-order valence-electron chi connectivity index (χ1n) is 8.27. The van der Waals surface area contributed by atoms with Gasteiger partial charge >= 0.3 is 0 Å². The van der Waals surface area contributed by atoms with Gasteiger partial charge in [0, 0.05) is 12.1 Å². The van der Waals surface area contributed by atoms with Crippen molar-refractivity contribution in [3.63, 3.8) is 0 Å². The molecule has 22 heavy (non-hydrogen) atoms. The Labute approximate surface area is 131 Å². The van der Waals surface area contributed by atoms with E-state index in [1.165, 1.54) is 0 Å². The van der Waals surface area contributed by atoms with Gasteiger partial charge in [-0.1, -0.05) is 18.9 Å². The van der Waals surface area contributed by atoms with Crippen molar-refractivity contribution in [1.82, 2.24) is 10.3 Å². The molecule has 1 atom stereocenters. The summed E-state index contributed by atoms with van der Waals surface area (Å²) in [5.41, 5.74) is 4.25. The van der Waals surface area contributed by atoms with Crippen LogP contribution in [0.25, 0.3) is 0 Å². The Balaban J connectivity index is 2.01. The summed E-state index contributed by atoms with van der Waals surface area (Å²) >= 11 is 0. The molecular formula is C17H26N3O2+. The van der Waals surface area contributed by atoms with Crippen LogP contribution >= 0.6 is 0 Å². The molecule has 2 rings (SSSR count). The molecule has 0 aliphatic heterocycles. The molecule has 1 saturated carbocycles. The van der Waals surface area contributed by atoms with Crippen molar-refractivity contribution < 1.29 is 15.3 Å². The summed E-state index contributed by atoms with van der Waals surface area (Å²) in [6, 6.07) is 4.82. The molecule has 1 aromatic heterocycles. The first-order valence-corrected chi connectivity index (χ1v) is 8.27. The van der Waals surface area contributed by atoms with Gasteiger partial charge in [0.25, 0.3) is 0 Å². The number of hydrogen-bond donors (Lipinski definition) is 2. The first-order chi connectivity index (χ1) is 10.7. The molecule has 0 saturated heterocycles. The Hall–Kier alpha value is -1.75. The number of ketones is 1. The molecule has 1 aromatic rings. The largest absolute Gasteiger partial charge is 0.358 e. The van der Waals surface area contributed by atoms with Crippen molar-refractivity contribution in [2.45, 2.75) is 51.0 Å². The summed E-state index contributed by atoms with van der Waals surface area (Å²) in [5.74, 6) is 0.0179. The SMILES string of the molecule is [NH3+]CCCCC(NC(=O)C1CCCC1)C(=O)c1ccccn1. The fraction of sp³-hybridized carbons (Fsp3) is 0.588. The predicted octanol–water partition coefficient (Wildman–Crippen LogP) is 1.35. The van der Waals surface area contributed by atoms with Crippen LogP contribution in [0, 0.1) is 5.92 Å². The van der Waals surface area contributed by atoms with Gasteiger partial charge in [0.2, 0.25) is 11.7 Å². The lowest BCUT2D eigenvalue weighted by atomic mass is 10.0. The number of hydrogen-bond acceptors (Lipinski definition) is 3. The van der Waals surface area contributed by atoms with E-state index < -0.39 is 6.04 Å². The summed E-state index contributed by atoms with van der Waals surface area (Å²) in [4.78, 5) is 29.0. The van der Waals surface area contributed by atoms with Crippen molar-refractivity contribution in [1.29, 1.82) is 0 Å². The standard InChI is InChI=1S/C17H25N3O2/c18-11-5-3-10-15(16(21)14-9-4-6-12-19-14)20-17(22)13-7-1-2-8-13/h4,6,9,12-13,15H,1-3,5,7-8,10-11,18H2,(H,20,22)/p+1. The smallest absolute Gasteiger partial charge is 0.223 e. The highest BCUT2D eigenvalue weighted by molar-refractivity contribution is 6.00. The second-order valence-electron chi connectivity index (χ2n) is 5.97. The minimum atomic E-state index is -0.463. The number of nitrogens with zero attached hydrogens (tertiary/aromatic N) is 1. The maximum atomic E-state index is 12.6. The fourth-order valence-corrected chi connectivity index (χ4v) is 2.96. The third-order valence-corrected chi connectivity index (χ3v) is 4.27. The van der Waals surface area contributed by atoms with E-state index in [-0.39, 0.29) is 17.6 Å². The van der Waals surface area contributed by atoms with E-state index in [1.807, 2.05) is 0 Å². The van der Waals surface area contributed by atoms with Crippen LogP contribution in [0.1, 0.15) is 55.4 Å². The number of amides is 1. The maximum absolute atomic E-state index is 12.6. The minimum Gasteiger partial charge on any atom is -0.358 e. The van der Waals surface area contributed by atoms with Gasteiger partial charge in [-0.2, -0.15) is 0 Å². The van der Waals surface area contributed by atoms with E-state index in [4.69, 9.17) is 0 Å². The first kappa shape index (κ1) is 16.6. The van der Waals surface area contributed by atoms with Crippen LogP contribution in [-0.2, 0) is 4.79 Å². The molecule has 0 aromatic carbocycles. The van der Waals surface area contributed by atoms with Gasteiger partial charge in [-0.25, -0.2) is 0 Å². The number of carbonyl (C=O) groups is 2. The van der Waals surface area contributed by atoms with Gasteiger partial charge in [-0.05, 0) is 44.2 Å². The average Bonchev–Trinajstić information content (AvgIpc) is 3.09. The zero-order valence-corrected chi connectivity index (χ0v) is 13.1. The van der Waals surface area contributed by atoms with E-state index in [1.54, 1.807) is 24.4 Å². The summed E-state index contributed by atoms with van der Waals surface area (Å²) in [7, 11) is 0. The van der Waals surface area contributed by atoms with E-state index in [0.717, 1.165) is 45.1 Å². The molecule has 0 spiro atoms. The number of pyridine rings is 1. The lowest BCUT2D eigenvalue weighted by Crippen LogP contribution is -2.50. The maximum Gasteiger partial charge on any atom is 0.223 e. The average molecular weight is 304 g/mol. The Kier molecular flexibility index (Phi) is 6.52. The van der Waals surface area contributed by atoms with Crippen molar-refractivity contribution >= 4 is 11.7 Å². The van der Waals surface area contributed by atoms with Crippen LogP contribution in [-0.4, -0.2) is 29.3 Å². The highest BCUT2D eigenvalue weighted by Gasteiger charge is 2.28. The van der Waals surface area contributed by atoms with Crippen LogP contribution in [0.3, 0.4) is 0 Å². The van der Waals surface area contributed by atoms with E-state index in [2.05, 4.69) is 16.0 Å². The number of rotatable bonds is 8. The lowest BCUT2D eigenvalue weighted by Gasteiger charge is -2.19. The summed E-state index contributed by atoms with van der Waals surface area (Å²) in [5, 5.41) is 2.97. The van der Waals surface area contributed by atoms with Crippen LogP contribution in [0.4, 0.5) is 0 Å². The number of quaternary nitrogens is 1. The van der Waals surface area contributed by atoms with E-state index in [9.17, 15) is 9.59 Å². The van der Waals surface area contributed by atoms with Gasteiger partial charge in [-0.15, -0.1) is 0 Å². The third kappa shape index (κ3) is 4.63. The van der Waals surface area contributed by atoms with E-state index >= 15 is 0 Å². The number of nitrogens with one attached hydrogen (secondary N) is 1. The highest BCUT2D eigenvalue weighted by atomic mass is 16.2. The van der Waals surface area contributed by atoms with Gasteiger partial charge in [-0.3, -0.25) is 14.6 Å². The van der Waals surface area contributed by atoms with Crippen LogP contribution < -0.4 is 11.1 Å². The normalized spacial score (nSPS) is 16.4. The molecule has 0 radical (unpaired) electrons. The van der Waals surface area contributed by atoms with E-state index in [0.29, 0.717) is 12.1 Å². The predicted molar refractivity (Wildman–Crippen MR) is 84.1 cm³/mol. The van der Waals surface area contributed by atoms with Crippen molar-refractivity contribution in [2.24, 2.45) is 5.92 Å². The lowest BCUT2D eigenvalue weighted by molar-refractivity contribution is -0.368. The monoisotopic (exact) mass is 304 g/mol. The molecule has 1 amide bonds. The second kappa shape index (κ2) is 8.63. The van der Waals surface area contributed by atoms with Gasteiger partial charge in [0.15, 0.2) is 0 Å². The summed E-state index contributed by atoms with van der Waals surface area (Å²) in [6.45, 7) is 0.848. The van der Waals surface area contributed by atoms with Crippen molar-refractivity contribution in [3.05, 3.63) is 30.1 Å². The molecule has 1 heterocycles. The molecule has 5 nitrogen and oxygen atoms in total. The van der Waals surface area contributed by atoms with Crippen LogP contribution in [0.2, 0.25) is 0 Å². The molecule has 5 heteroatoms. The number of Topliss-reactive ketones (excluding diaryl/α,β-unsaturated/α-hetero) is 1. The Morgan fingerprint density at radius 1 is 1.27 bits per heavy atom. The second-order valence-corrected chi connectivity index (χ2v) is 5.97. The molecular weight excluding hydrogens is 278 g/mol. The fourth-order valence-electron chi connectivity index (χ4n) is 2.96. The molecule has 4 N–H and O–H groups in total. The Morgan fingerprint density at radius 3 is 2.68 bits per heavy atom. The van der Waals surface area contributed by atoms with Crippen LogP contribution in [0.15, 0.2) is 24.4 Å². The molecule has 1 aliphatic rings. The quantitative estimate of drug-likeness (QED) is 0.561.